The minimum absolute atomic E-state index is 0.00631. The summed E-state index contributed by atoms with van der Waals surface area (Å²) in [6, 6.07) is 5.19. The zero-order valence-electron chi connectivity index (χ0n) is 13.0. The van der Waals surface area contributed by atoms with Crippen molar-refractivity contribution in [2.45, 2.75) is 31.8 Å². The van der Waals surface area contributed by atoms with E-state index in [1.807, 2.05) is 13.1 Å². The van der Waals surface area contributed by atoms with Gasteiger partial charge >= 0.3 is 0 Å². The van der Waals surface area contributed by atoms with E-state index < -0.39 is 0 Å². The summed E-state index contributed by atoms with van der Waals surface area (Å²) in [6.45, 7) is 8.01. The molecule has 3 nitrogen and oxygen atoms in total. The fraction of sp³-hybridized carbons (Fsp3) is 0.625. The lowest BCUT2D eigenvalue weighted by Crippen LogP contribution is -2.60. The zero-order valence-corrected chi connectivity index (χ0v) is 14.5. The van der Waals surface area contributed by atoms with E-state index in [4.69, 9.17) is 4.74 Å². The molecule has 1 atom stereocenters. The first-order valence-electron chi connectivity index (χ1n) is 7.39. The number of rotatable bonds is 5. The highest BCUT2D eigenvalue weighted by molar-refractivity contribution is 9.10. The van der Waals surface area contributed by atoms with Crippen molar-refractivity contribution >= 4 is 15.9 Å². The predicted molar refractivity (Wildman–Crippen MR) is 87.1 cm³/mol. The molecule has 1 saturated heterocycles. The van der Waals surface area contributed by atoms with Gasteiger partial charge in [-0.05, 0) is 45.0 Å². The van der Waals surface area contributed by atoms with E-state index in [1.54, 1.807) is 0 Å². The van der Waals surface area contributed by atoms with Crippen molar-refractivity contribution in [1.29, 1.82) is 0 Å². The van der Waals surface area contributed by atoms with Crippen LogP contribution in [0, 0.1) is 5.82 Å². The Morgan fingerprint density at radius 1 is 1.38 bits per heavy atom. The second-order valence-electron chi connectivity index (χ2n) is 6.03. The number of morpholine rings is 1. The minimum atomic E-state index is -0.209. The molecule has 5 heteroatoms. The van der Waals surface area contributed by atoms with Crippen molar-refractivity contribution < 1.29 is 9.13 Å². The first kappa shape index (κ1) is 16.9. The molecule has 1 aliphatic heterocycles. The van der Waals surface area contributed by atoms with Crippen LogP contribution in [0.25, 0.3) is 0 Å². The Hall–Kier alpha value is -0.490. The van der Waals surface area contributed by atoms with Crippen molar-refractivity contribution in [3.05, 3.63) is 34.1 Å². The average molecular weight is 359 g/mol. The molecule has 0 aromatic heterocycles. The number of benzene rings is 1. The summed E-state index contributed by atoms with van der Waals surface area (Å²) in [4.78, 5) is 2.47. The van der Waals surface area contributed by atoms with E-state index in [0.717, 1.165) is 42.8 Å². The van der Waals surface area contributed by atoms with E-state index in [1.165, 1.54) is 12.1 Å². The Morgan fingerprint density at radius 2 is 2.05 bits per heavy atom. The zero-order chi connectivity index (χ0) is 15.5. The second-order valence-corrected chi connectivity index (χ2v) is 6.89. The Balaban J connectivity index is 2.14. The van der Waals surface area contributed by atoms with Crippen LogP contribution in [0.5, 0.6) is 0 Å². The largest absolute Gasteiger partial charge is 0.379 e. The molecule has 2 rings (SSSR count). The SMILES string of the molecule is CNC(Cc1ccc(F)cc1Br)C(C)(C)N1CCOCC1. The van der Waals surface area contributed by atoms with Gasteiger partial charge in [0.1, 0.15) is 5.82 Å². The Bertz CT molecular complexity index is 475. The summed E-state index contributed by atoms with van der Waals surface area (Å²) >= 11 is 3.47. The standard InChI is InChI=1S/C16H24BrFN2O/c1-16(2,20-6-8-21-9-7-20)15(19-3)10-12-4-5-13(18)11-14(12)17/h4-5,11,15,19H,6-10H2,1-3H3. The molecular weight excluding hydrogens is 335 g/mol. The van der Waals surface area contributed by atoms with Gasteiger partial charge in [0, 0.05) is 29.1 Å². The van der Waals surface area contributed by atoms with Crippen LogP contribution in [-0.4, -0.2) is 49.8 Å². The molecule has 118 valence electrons. The third kappa shape index (κ3) is 4.03. The van der Waals surface area contributed by atoms with Crippen LogP contribution >= 0.6 is 15.9 Å². The number of halogens is 2. The summed E-state index contributed by atoms with van der Waals surface area (Å²) in [5.74, 6) is -0.209. The fourth-order valence-electron chi connectivity index (χ4n) is 2.97. The summed E-state index contributed by atoms with van der Waals surface area (Å²) in [6.07, 6.45) is 0.849. The lowest BCUT2D eigenvalue weighted by atomic mass is 9.87. The van der Waals surface area contributed by atoms with Gasteiger partial charge < -0.3 is 10.1 Å². The number of hydrogen-bond donors (Lipinski definition) is 1. The van der Waals surface area contributed by atoms with E-state index in [9.17, 15) is 4.39 Å². The van der Waals surface area contributed by atoms with E-state index >= 15 is 0 Å². The predicted octanol–water partition coefficient (Wildman–Crippen LogP) is 2.83. The third-order valence-electron chi connectivity index (χ3n) is 4.47. The van der Waals surface area contributed by atoms with Gasteiger partial charge in [-0.25, -0.2) is 4.39 Å². The molecule has 1 N–H and O–H groups in total. The Kier molecular flexibility index (Phi) is 5.77. The van der Waals surface area contributed by atoms with Gasteiger partial charge in [0.15, 0.2) is 0 Å². The van der Waals surface area contributed by atoms with Crippen LogP contribution in [-0.2, 0) is 11.2 Å². The molecular formula is C16H24BrFN2O. The molecule has 0 radical (unpaired) electrons. The summed E-state index contributed by atoms with van der Waals surface area (Å²) < 4.78 is 19.5. The van der Waals surface area contributed by atoms with Gasteiger partial charge in [0.2, 0.25) is 0 Å². The minimum Gasteiger partial charge on any atom is -0.379 e. The number of likely N-dealkylation sites (N-methyl/N-ethyl adjacent to an activating group) is 1. The van der Waals surface area contributed by atoms with Crippen LogP contribution < -0.4 is 5.32 Å². The number of ether oxygens (including phenoxy) is 1. The smallest absolute Gasteiger partial charge is 0.124 e. The van der Waals surface area contributed by atoms with E-state index in [0.29, 0.717) is 0 Å². The quantitative estimate of drug-likeness (QED) is 0.875. The number of hydrogen-bond acceptors (Lipinski definition) is 3. The summed E-state index contributed by atoms with van der Waals surface area (Å²) in [7, 11) is 1.99. The topological polar surface area (TPSA) is 24.5 Å². The molecule has 0 aliphatic carbocycles. The van der Waals surface area contributed by atoms with Crippen molar-refractivity contribution in [2.24, 2.45) is 0 Å². The Labute approximate surface area is 135 Å². The van der Waals surface area contributed by atoms with E-state index in [-0.39, 0.29) is 17.4 Å². The average Bonchev–Trinajstić information content (AvgIpc) is 2.47. The summed E-state index contributed by atoms with van der Waals surface area (Å²) in [5.41, 5.74) is 1.13. The number of nitrogens with zero attached hydrogens (tertiary/aromatic N) is 1. The van der Waals surface area contributed by atoms with Crippen molar-refractivity contribution in [1.82, 2.24) is 10.2 Å². The lowest BCUT2D eigenvalue weighted by molar-refractivity contribution is -0.0223. The number of nitrogens with one attached hydrogen (secondary N) is 1. The molecule has 0 saturated carbocycles. The highest BCUT2D eigenvalue weighted by Gasteiger charge is 2.35. The molecule has 21 heavy (non-hydrogen) atoms. The van der Waals surface area contributed by atoms with Crippen molar-refractivity contribution in [3.63, 3.8) is 0 Å². The first-order valence-corrected chi connectivity index (χ1v) is 8.18. The molecule has 1 aliphatic rings. The molecule has 1 fully saturated rings. The van der Waals surface area contributed by atoms with Crippen LogP contribution in [0.1, 0.15) is 19.4 Å². The maximum atomic E-state index is 13.2. The van der Waals surface area contributed by atoms with Crippen molar-refractivity contribution in [2.75, 3.05) is 33.4 Å². The first-order chi connectivity index (χ1) is 9.95. The molecule has 0 spiro atoms. The normalized spacial score (nSPS) is 18.7. The van der Waals surface area contributed by atoms with Crippen LogP contribution in [0.3, 0.4) is 0 Å². The van der Waals surface area contributed by atoms with Crippen LogP contribution in [0.2, 0.25) is 0 Å². The summed E-state index contributed by atoms with van der Waals surface area (Å²) in [5, 5.41) is 3.43. The highest BCUT2D eigenvalue weighted by Crippen LogP contribution is 2.26. The molecule has 1 heterocycles. The molecule has 0 amide bonds. The van der Waals surface area contributed by atoms with Gasteiger partial charge in [0.05, 0.1) is 13.2 Å². The van der Waals surface area contributed by atoms with Gasteiger partial charge in [-0.3, -0.25) is 4.90 Å². The van der Waals surface area contributed by atoms with Crippen molar-refractivity contribution in [3.8, 4) is 0 Å². The van der Waals surface area contributed by atoms with Gasteiger partial charge in [-0.1, -0.05) is 22.0 Å². The maximum absolute atomic E-state index is 13.2. The fourth-order valence-corrected chi connectivity index (χ4v) is 3.48. The van der Waals surface area contributed by atoms with Gasteiger partial charge in [0.25, 0.3) is 0 Å². The molecule has 1 unspecified atom stereocenters. The lowest BCUT2D eigenvalue weighted by Gasteiger charge is -2.46. The van der Waals surface area contributed by atoms with Gasteiger partial charge in [-0.2, -0.15) is 0 Å². The van der Waals surface area contributed by atoms with Crippen LogP contribution in [0.15, 0.2) is 22.7 Å². The molecule has 0 bridgehead atoms. The maximum Gasteiger partial charge on any atom is 0.124 e. The molecule has 1 aromatic rings. The Morgan fingerprint density at radius 3 is 2.62 bits per heavy atom. The van der Waals surface area contributed by atoms with Crippen LogP contribution in [0.4, 0.5) is 4.39 Å². The van der Waals surface area contributed by atoms with Gasteiger partial charge in [-0.15, -0.1) is 0 Å². The molecule has 1 aromatic carbocycles. The second kappa shape index (κ2) is 7.18. The highest BCUT2D eigenvalue weighted by atomic mass is 79.9. The monoisotopic (exact) mass is 358 g/mol. The van der Waals surface area contributed by atoms with E-state index in [2.05, 4.69) is 40.0 Å². The third-order valence-corrected chi connectivity index (χ3v) is 5.20.